The van der Waals surface area contributed by atoms with Gasteiger partial charge in [-0.3, -0.25) is 9.55 Å². The van der Waals surface area contributed by atoms with Gasteiger partial charge in [-0.2, -0.15) is 0 Å². The lowest BCUT2D eigenvalue weighted by atomic mass is 9.78. The standard InChI is InChI=1S/C41H37N3O/c1-40(2,3)30-21-23-43-39(26-30)44-37-20-17-31(41(4,5)29-13-7-6-8-14-29)25-35(37)34-19-18-33(27-38(34)44)45-32-15-11-12-28(24-32)36-16-9-10-22-42-36/h6-27H,1-5H3. The molecule has 3 heterocycles. The lowest BCUT2D eigenvalue weighted by Crippen LogP contribution is -2.18. The maximum Gasteiger partial charge on any atom is 0.137 e. The molecule has 0 amide bonds. The molecule has 0 bridgehead atoms. The van der Waals surface area contributed by atoms with Crippen LogP contribution in [0.1, 0.15) is 51.3 Å². The van der Waals surface area contributed by atoms with Gasteiger partial charge in [-0.15, -0.1) is 0 Å². The Labute approximate surface area is 265 Å². The van der Waals surface area contributed by atoms with Crippen LogP contribution in [0.2, 0.25) is 0 Å². The van der Waals surface area contributed by atoms with Crippen LogP contribution in [0.5, 0.6) is 11.5 Å². The summed E-state index contributed by atoms with van der Waals surface area (Å²) in [4.78, 5) is 9.40. The lowest BCUT2D eigenvalue weighted by molar-refractivity contribution is 0.483. The van der Waals surface area contributed by atoms with E-state index in [0.717, 1.165) is 45.0 Å². The molecule has 3 aromatic heterocycles. The Bertz CT molecular complexity index is 2140. The van der Waals surface area contributed by atoms with Crippen molar-refractivity contribution in [3.8, 4) is 28.6 Å². The highest BCUT2D eigenvalue weighted by molar-refractivity contribution is 6.09. The van der Waals surface area contributed by atoms with E-state index in [0.29, 0.717) is 0 Å². The van der Waals surface area contributed by atoms with E-state index in [2.05, 4.69) is 129 Å². The van der Waals surface area contributed by atoms with E-state index in [4.69, 9.17) is 9.72 Å². The van der Waals surface area contributed by atoms with E-state index in [1.54, 1.807) is 0 Å². The van der Waals surface area contributed by atoms with E-state index in [1.165, 1.54) is 22.1 Å². The number of pyridine rings is 2. The molecule has 0 N–H and O–H groups in total. The zero-order valence-electron chi connectivity index (χ0n) is 26.5. The molecule has 0 spiro atoms. The SMILES string of the molecule is CC(C)(C)c1ccnc(-n2c3ccc(C(C)(C)c4ccccc4)cc3c3ccc(Oc4cccc(-c5ccccn5)c4)cc32)c1. The fourth-order valence-corrected chi connectivity index (χ4v) is 6.12. The predicted octanol–water partition coefficient (Wildman–Crippen LogP) is 10.7. The molecule has 4 nitrogen and oxygen atoms in total. The molecule has 0 aliphatic heterocycles. The fraction of sp³-hybridized carbons (Fsp3) is 0.171. The molecule has 7 rings (SSSR count). The summed E-state index contributed by atoms with van der Waals surface area (Å²) >= 11 is 0. The van der Waals surface area contributed by atoms with Crippen LogP contribution in [0.4, 0.5) is 0 Å². The first-order chi connectivity index (χ1) is 21.7. The molecular weight excluding hydrogens is 550 g/mol. The van der Waals surface area contributed by atoms with E-state index in [-0.39, 0.29) is 10.8 Å². The van der Waals surface area contributed by atoms with Gasteiger partial charge < -0.3 is 4.74 Å². The third kappa shape index (κ3) is 5.38. The fourth-order valence-electron chi connectivity index (χ4n) is 6.12. The number of rotatable bonds is 6. The van der Waals surface area contributed by atoms with Gasteiger partial charge in [0.25, 0.3) is 0 Å². The second-order valence-electron chi connectivity index (χ2n) is 13.2. The number of hydrogen-bond acceptors (Lipinski definition) is 3. The van der Waals surface area contributed by atoms with Crippen LogP contribution in [0.25, 0.3) is 38.9 Å². The molecular formula is C41H37N3O. The second kappa shape index (κ2) is 11.0. The third-order valence-electron chi connectivity index (χ3n) is 8.83. The van der Waals surface area contributed by atoms with Gasteiger partial charge in [-0.25, -0.2) is 4.98 Å². The summed E-state index contributed by atoms with van der Waals surface area (Å²) in [6.45, 7) is 11.3. The van der Waals surface area contributed by atoms with Gasteiger partial charge in [-0.1, -0.05) is 89.2 Å². The average Bonchev–Trinajstić information content (AvgIpc) is 3.38. The van der Waals surface area contributed by atoms with Crippen LogP contribution in [-0.2, 0) is 10.8 Å². The summed E-state index contributed by atoms with van der Waals surface area (Å²) in [6, 6.07) is 42.3. The predicted molar refractivity (Wildman–Crippen MR) is 186 cm³/mol. The Morgan fingerprint density at radius 1 is 0.533 bits per heavy atom. The van der Waals surface area contributed by atoms with Crippen LogP contribution >= 0.6 is 0 Å². The van der Waals surface area contributed by atoms with Crippen molar-refractivity contribution in [2.24, 2.45) is 0 Å². The summed E-state index contributed by atoms with van der Waals surface area (Å²) in [5.74, 6) is 2.42. The van der Waals surface area contributed by atoms with Crippen LogP contribution < -0.4 is 4.74 Å². The molecule has 45 heavy (non-hydrogen) atoms. The molecule has 222 valence electrons. The van der Waals surface area contributed by atoms with Crippen LogP contribution in [-0.4, -0.2) is 14.5 Å². The van der Waals surface area contributed by atoms with Crippen molar-refractivity contribution in [3.05, 3.63) is 150 Å². The van der Waals surface area contributed by atoms with Gasteiger partial charge >= 0.3 is 0 Å². The van der Waals surface area contributed by atoms with Crippen LogP contribution in [0, 0.1) is 0 Å². The van der Waals surface area contributed by atoms with Gasteiger partial charge in [0.2, 0.25) is 0 Å². The minimum Gasteiger partial charge on any atom is -0.457 e. The molecule has 4 aromatic carbocycles. The second-order valence-corrected chi connectivity index (χ2v) is 13.2. The number of benzene rings is 4. The first-order valence-corrected chi connectivity index (χ1v) is 15.5. The molecule has 0 saturated carbocycles. The van der Waals surface area contributed by atoms with Crippen molar-refractivity contribution >= 4 is 21.8 Å². The van der Waals surface area contributed by atoms with Crippen molar-refractivity contribution in [3.63, 3.8) is 0 Å². The van der Waals surface area contributed by atoms with Crippen molar-refractivity contribution < 1.29 is 4.74 Å². The Morgan fingerprint density at radius 2 is 1.33 bits per heavy atom. The topological polar surface area (TPSA) is 39.9 Å². The van der Waals surface area contributed by atoms with E-state index in [1.807, 2.05) is 48.8 Å². The average molecular weight is 588 g/mol. The molecule has 0 unspecified atom stereocenters. The Morgan fingerprint density at radius 3 is 2.11 bits per heavy atom. The summed E-state index contributed by atoms with van der Waals surface area (Å²) < 4.78 is 8.76. The van der Waals surface area contributed by atoms with Gasteiger partial charge in [0.1, 0.15) is 17.3 Å². The van der Waals surface area contributed by atoms with E-state index < -0.39 is 0 Å². The number of hydrogen-bond donors (Lipinski definition) is 0. The maximum absolute atomic E-state index is 6.49. The van der Waals surface area contributed by atoms with E-state index in [9.17, 15) is 0 Å². The smallest absolute Gasteiger partial charge is 0.137 e. The normalized spacial score (nSPS) is 12.1. The third-order valence-corrected chi connectivity index (χ3v) is 8.83. The molecule has 0 radical (unpaired) electrons. The molecule has 0 fully saturated rings. The molecule has 0 aliphatic carbocycles. The zero-order valence-corrected chi connectivity index (χ0v) is 26.5. The van der Waals surface area contributed by atoms with Crippen LogP contribution in [0.15, 0.2) is 134 Å². The van der Waals surface area contributed by atoms with E-state index >= 15 is 0 Å². The maximum atomic E-state index is 6.49. The summed E-state index contributed by atoms with van der Waals surface area (Å²) in [7, 11) is 0. The Kier molecular flexibility index (Phi) is 7.01. The minimum atomic E-state index is -0.157. The number of aromatic nitrogens is 3. The Balaban J connectivity index is 1.39. The number of nitrogens with zero attached hydrogens (tertiary/aromatic N) is 3. The van der Waals surface area contributed by atoms with Gasteiger partial charge in [-0.05, 0) is 82.8 Å². The molecule has 7 aromatic rings. The zero-order chi connectivity index (χ0) is 31.2. The van der Waals surface area contributed by atoms with Crippen LogP contribution in [0.3, 0.4) is 0 Å². The molecule has 0 saturated heterocycles. The lowest BCUT2D eigenvalue weighted by Gasteiger charge is -2.26. The number of fused-ring (bicyclic) bond motifs is 3. The van der Waals surface area contributed by atoms with Gasteiger partial charge in [0.15, 0.2) is 0 Å². The molecule has 0 atom stereocenters. The molecule has 4 heteroatoms. The summed E-state index contributed by atoms with van der Waals surface area (Å²) in [6.07, 6.45) is 3.73. The first-order valence-electron chi connectivity index (χ1n) is 15.5. The summed E-state index contributed by atoms with van der Waals surface area (Å²) in [5.41, 5.74) is 7.73. The summed E-state index contributed by atoms with van der Waals surface area (Å²) in [5, 5.41) is 2.35. The minimum absolute atomic E-state index is 0.00374. The highest BCUT2D eigenvalue weighted by atomic mass is 16.5. The van der Waals surface area contributed by atoms with Crippen molar-refractivity contribution in [1.82, 2.24) is 14.5 Å². The largest absolute Gasteiger partial charge is 0.457 e. The Hall–Kier alpha value is -5.22. The molecule has 0 aliphatic rings. The monoisotopic (exact) mass is 587 g/mol. The highest BCUT2D eigenvalue weighted by Gasteiger charge is 2.25. The highest BCUT2D eigenvalue weighted by Crippen LogP contribution is 2.39. The first kappa shape index (κ1) is 28.5. The van der Waals surface area contributed by atoms with Crippen molar-refractivity contribution in [1.29, 1.82) is 0 Å². The van der Waals surface area contributed by atoms with Gasteiger partial charge in [0.05, 0.1) is 16.7 Å². The van der Waals surface area contributed by atoms with Crippen molar-refractivity contribution in [2.45, 2.75) is 45.4 Å². The van der Waals surface area contributed by atoms with Crippen molar-refractivity contribution in [2.75, 3.05) is 0 Å². The quantitative estimate of drug-likeness (QED) is 0.194. The number of ether oxygens (including phenoxy) is 1. The van der Waals surface area contributed by atoms with Gasteiger partial charge in [0, 0.05) is 40.2 Å².